The summed E-state index contributed by atoms with van der Waals surface area (Å²) in [5, 5.41) is 0. The molecule has 1 amide bonds. The predicted octanol–water partition coefficient (Wildman–Crippen LogP) is 1.78. The Hall–Kier alpha value is -1.42. The summed E-state index contributed by atoms with van der Waals surface area (Å²) < 4.78 is 10.5. The van der Waals surface area contributed by atoms with Gasteiger partial charge in [0.15, 0.2) is 11.5 Å². The van der Waals surface area contributed by atoms with Crippen LogP contribution in [0.1, 0.15) is 11.1 Å². The molecule has 17 heavy (non-hydrogen) atoms. The molecule has 0 aromatic heterocycles. The molecule has 0 bridgehead atoms. The third-order valence-electron chi connectivity index (χ3n) is 2.90. The lowest BCUT2D eigenvalue weighted by Crippen LogP contribution is -2.26. The average molecular weight is 256 g/mol. The van der Waals surface area contributed by atoms with Crippen LogP contribution in [0.3, 0.4) is 0 Å². The van der Waals surface area contributed by atoms with Crippen molar-refractivity contribution in [1.29, 1.82) is 0 Å². The number of hydrogen-bond acceptors (Lipinski definition) is 3. The summed E-state index contributed by atoms with van der Waals surface area (Å²) in [6, 6.07) is 3.82. The van der Waals surface area contributed by atoms with Gasteiger partial charge in [0.1, 0.15) is 5.88 Å². The number of fused-ring (bicyclic) bond motifs is 1. The van der Waals surface area contributed by atoms with Gasteiger partial charge in [-0.05, 0) is 23.3 Å². The summed E-state index contributed by atoms with van der Waals surface area (Å²) in [6.45, 7) is 1.17. The highest BCUT2D eigenvalue weighted by Crippen LogP contribution is 2.34. The molecule has 92 valence electrons. The predicted molar refractivity (Wildman–Crippen MR) is 64.5 cm³/mol. The molecule has 0 saturated heterocycles. The number of hydrogen-bond donors (Lipinski definition) is 0. The minimum Gasteiger partial charge on any atom is -0.493 e. The van der Waals surface area contributed by atoms with Crippen LogP contribution in [0.15, 0.2) is 12.1 Å². The second kappa shape index (κ2) is 4.84. The van der Waals surface area contributed by atoms with Gasteiger partial charge >= 0.3 is 0 Å². The lowest BCUT2D eigenvalue weighted by molar-refractivity contribution is -0.129. The van der Waals surface area contributed by atoms with E-state index in [-0.39, 0.29) is 11.8 Å². The second-order valence-electron chi connectivity index (χ2n) is 3.86. The SMILES string of the molecule is COc1cc2c(cc1OC)CN(C(=O)CCl)C2. The standard InChI is InChI=1S/C12H14ClNO3/c1-16-10-3-8-6-14(12(15)5-13)7-9(8)4-11(10)17-2/h3-4H,5-7H2,1-2H3. The molecular weight excluding hydrogens is 242 g/mol. The largest absolute Gasteiger partial charge is 0.493 e. The highest BCUT2D eigenvalue weighted by atomic mass is 35.5. The Kier molecular flexibility index (Phi) is 3.43. The number of ether oxygens (including phenoxy) is 2. The summed E-state index contributed by atoms with van der Waals surface area (Å²) in [5.74, 6) is 1.33. The fourth-order valence-corrected chi connectivity index (χ4v) is 2.15. The van der Waals surface area contributed by atoms with Crippen molar-refractivity contribution in [1.82, 2.24) is 4.90 Å². The van der Waals surface area contributed by atoms with Crippen LogP contribution in [0.5, 0.6) is 11.5 Å². The number of carbonyl (C=O) groups is 1. The van der Waals surface area contributed by atoms with Gasteiger partial charge in [-0.25, -0.2) is 0 Å². The van der Waals surface area contributed by atoms with Crippen LogP contribution in [0, 0.1) is 0 Å². The van der Waals surface area contributed by atoms with E-state index in [1.807, 2.05) is 12.1 Å². The number of carbonyl (C=O) groups excluding carboxylic acids is 1. The zero-order valence-corrected chi connectivity index (χ0v) is 10.6. The monoisotopic (exact) mass is 255 g/mol. The van der Waals surface area contributed by atoms with Crippen LogP contribution < -0.4 is 9.47 Å². The van der Waals surface area contributed by atoms with Gasteiger partial charge in [-0.3, -0.25) is 4.79 Å². The van der Waals surface area contributed by atoms with Crippen molar-refractivity contribution in [3.63, 3.8) is 0 Å². The Labute approximate surface area is 105 Å². The van der Waals surface area contributed by atoms with Crippen LogP contribution in [-0.4, -0.2) is 30.9 Å². The van der Waals surface area contributed by atoms with Crippen LogP contribution >= 0.6 is 11.6 Å². The molecule has 5 heteroatoms. The first-order valence-corrected chi connectivity index (χ1v) is 5.80. The molecule has 0 unspecified atom stereocenters. The molecule has 0 saturated carbocycles. The topological polar surface area (TPSA) is 38.8 Å². The van der Waals surface area contributed by atoms with E-state index in [2.05, 4.69) is 0 Å². The molecule has 2 rings (SSSR count). The van der Waals surface area contributed by atoms with Crippen molar-refractivity contribution in [3.8, 4) is 11.5 Å². The highest BCUT2D eigenvalue weighted by Gasteiger charge is 2.24. The molecule has 0 spiro atoms. The van der Waals surface area contributed by atoms with E-state index < -0.39 is 0 Å². The van der Waals surface area contributed by atoms with Crippen LogP contribution in [0.4, 0.5) is 0 Å². The molecule has 0 fully saturated rings. The number of methoxy groups -OCH3 is 2. The van der Waals surface area contributed by atoms with Gasteiger partial charge < -0.3 is 14.4 Å². The van der Waals surface area contributed by atoms with Gasteiger partial charge in [0.05, 0.1) is 14.2 Å². The van der Waals surface area contributed by atoms with Crippen molar-refractivity contribution in [2.75, 3.05) is 20.1 Å². The fraction of sp³-hybridized carbons (Fsp3) is 0.417. The molecule has 1 aromatic carbocycles. The van der Waals surface area contributed by atoms with E-state index >= 15 is 0 Å². The van der Waals surface area contributed by atoms with Crippen molar-refractivity contribution in [3.05, 3.63) is 23.3 Å². The molecule has 0 N–H and O–H groups in total. The number of halogens is 1. The van der Waals surface area contributed by atoms with E-state index in [1.165, 1.54) is 0 Å². The molecular formula is C12H14ClNO3. The number of nitrogens with zero attached hydrogens (tertiary/aromatic N) is 1. The average Bonchev–Trinajstić information content (AvgIpc) is 2.78. The third-order valence-corrected chi connectivity index (χ3v) is 3.12. The van der Waals surface area contributed by atoms with Gasteiger partial charge in [0.25, 0.3) is 0 Å². The quantitative estimate of drug-likeness (QED) is 0.773. The van der Waals surface area contributed by atoms with Crippen molar-refractivity contribution in [2.45, 2.75) is 13.1 Å². The zero-order valence-electron chi connectivity index (χ0n) is 9.83. The molecule has 0 radical (unpaired) electrons. The number of amides is 1. The smallest absolute Gasteiger partial charge is 0.238 e. The molecule has 4 nitrogen and oxygen atoms in total. The maximum Gasteiger partial charge on any atom is 0.238 e. The van der Waals surface area contributed by atoms with Crippen molar-refractivity contribution in [2.24, 2.45) is 0 Å². The molecule has 1 aliphatic rings. The summed E-state index contributed by atoms with van der Waals surface area (Å²) in [6.07, 6.45) is 0. The molecule has 0 aliphatic carbocycles. The minimum absolute atomic E-state index is 0.0161. The lowest BCUT2D eigenvalue weighted by atomic mass is 10.1. The molecule has 1 heterocycles. The molecule has 1 aliphatic heterocycles. The Morgan fingerprint density at radius 3 is 2.06 bits per heavy atom. The molecule has 1 aromatic rings. The van der Waals surface area contributed by atoms with Crippen molar-refractivity contribution < 1.29 is 14.3 Å². The van der Waals surface area contributed by atoms with Crippen LogP contribution in [0.2, 0.25) is 0 Å². The van der Waals surface area contributed by atoms with Crippen molar-refractivity contribution >= 4 is 17.5 Å². The van der Waals surface area contributed by atoms with Gasteiger partial charge in [-0.2, -0.15) is 0 Å². The summed E-state index contributed by atoms with van der Waals surface area (Å²) in [4.78, 5) is 13.2. The summed E-state index contributed by atoms with van der Waals surface area (Å²) >= 11 is 5.55. The number of rotatable bonds is 3. The Morgan fingerprint density at radius 1 is 1.24 bits per heavy atom. The Balaban J connectivity index is 2.29. The van der Waals surface area contributed by atoms with E-state index in [0.717, 1.165) is 11.1 Å². The van der Waals surface area contributed by atoms with Gasteiger partial charge in [0, 0.05) is 13.1 Å². The third kappa shape index (κ3) is 2.17. The number of alkyl halides is 1. The maximum absolute atomic E-state index is 11.5. The van der Waals surface area contributed by atoms with Gasteiger partial charge in [-0.1, -0.05) is 0 Å². The maximum atomic E-state index is 11.5. The van der Waals surface area contributed by atoms with E-state index in [4.69, 9.17) is 21.1 Å². The lowest BCUT2D eigenvalue weighted by Gasteiger charge is -2.12. The summed E-state index contributed by atoms with van der Waals surface area (Å²) in [5.41, 5.74) is 2.17. The normalized spacial score (nSPS) is 13.5. The summed E-state index contributed by atoms with van der Waals surface area (Å²) in [7, 11) is 3.20. The zero-order chi connectivity index (χ0) is 12.4. The van der Waals surface area contributed by atoms with Gasteiger partial charge in [-0.15, -0.1) is 11.6 Å². The fourth-order valence-electron chi connectivity index (χ4n) is 1.99. The first kappa shape index (κ1) is 12.0. The van der Waals surface area contributed by atoms with E-state index in [1.54, 1.807) is 19.1 Å². The highest BCUT2D eigenvalue weighted by molar-refractivity contribution is 6.27. The second-order valence-corrected chi connectivity index (χ2v) is 4.13. The van der Waals surface area contributed by atoms with E-state index in [9.17, 15) is 4.79 Å². The Bertz CT molecular complexity index is 415. The van der Waals surface area contributed by atoms with Gasteiger partial charge in [0.2, 0.25) is 5.91 Å². The molecule has 0 atom stereocenters. The van der Waals surface area contributed by atoms with Crippen LogP contribution in [-0.2, 0) is 17.9 Å². The van der Waals surface area contributed by atoms with Crippen LogP contribution in [0.25, 0.3) is 0 Å². The Morgan fingerprint density at radius 2 is 1.71 bits per heavy atom. The number of benzene rings is 1. The first-order valence-electron chi connectivity index (χ1n) is 5.27. The minimum atomic E-state index is -0.0548. The first-order chi connectivity index (χ1) is 8.19. The van der Waals surface area contributed by atoms with E-state index in [0.29, 0.717) is 24.6 Å².